The van der Waals surface area contributed by atoms with Gasteiger partial charge in [-0.1, -0.05) is 0 Å². The molecule has 2 rings (SSSR count). The number of aromatic hydroxyl groups is 1. The summed E-state index contributed by atoms with van der Waals surface area (Å²) in [4.78, 5) is 13.4. The van der Waals surface area contributed by atoms with Crippen LogP contribution in [-0.4, -0.2) is 42.3 Å². The van der Waals surface area contributed by atoms with E-state index in [4.69, 9.17) is 4.74 Å². The second-order valence-corrected chi connectivity index (χ2v) is 5.02. The average Bonchev–Trinajstić information content (AvgIpc) is 2.45. The predicted octanol–water partition coefficient (Wildman–Crippen LogP) is 2.82. The van der Waals surface area contributed by atoms with Gasteiger partial charge in [-0.15, -0.1) is 0 Å². The molecule has 0 saturated carbocycles. The Labute approximate surface area is 120 Å². The minimum Gasteiger partial charge on any atom is -0.507 e. The summed E-state index contributed by atoms with van der Waals surface area (Å²) in [6.45, 7) is -0.106. The zero-order valence-corrected chi connectivity index (χ0v) is 11.5. The van der Waals surface area contributed by atoms with Crippen LogP contribution in [0.1, 0.15) is 23.2 Å². The Morgan fingerprint density at radius 2 is 2.14 bits per heavy atom. The van der Waals surface area contributed by atoms with E-state index in [0.29, 0.717) is 12.2 Å². The molecule has 1 N–H and O–H groups in total. The molecule has 1 atom stereocenters. The maximum absolute atomic E-state index is 12.8. The molecule has 0 radical (unpaired) electrons. The van der Waals surface area contributed by atoms with Gasteiger partial charge in [0.15, 0.2) is 0 Å². The van der Waals surface area contributed by atoms with Crippen molar-refractivity contribution in [3.8, 4) is 11.5 Å². The number of amides is 1. The van der Waals surface area contributed by atoms with Gasteiger partial charge in [-0.2, -0.15) is 13.2 Å². The van der Waals surface area contributed by atoms with Crippen molar-refractivity contribution < 1.29 is 27.8 Å². The molecule has 0 aromatic heterocycles. The number of alkyl halides is 3. The summed E-state index contributed by atoms with van der Waals surface area (Å²) in [7, 11) is 1.41. The monoisotopic (exact) mass is 303 g/mol. The lowest BCUT2D eigenvalue weighted by Gasteiger charge is -2.33. The average molecular weight is 303 g/mol. The minimum absolute atomic E-state index is 0.0152. The number of nitrogens with zero attached hydrogens (tertiary/aromatic N) is 1. The molecule has 21 heavy (non-hydrogen) atoms. The van der Waals surface area contributed by atoms with Gasteiger partial charge < -0.3 is 14.7 Å². The summed E-state index contributed by atoms with van der Waals surface area (Å²) in [5.41, 5.74) is -0.0152. The summed E-state index contributed by atoms with van der Waals surface area (Å²) < 4.78 is 43.2. The van der Waals surface area contributed by atoms with Crippen molar-refractivity contribution >= 4 is 5.91 Å². The van der Waals surface area contributed by atoms with E-state index < -0.39 is 18.0 Å². The van der Waals surface area contributed by atoms with E-state index >= 15 is 0 Å². The fourth-order valence-corrected chi connectivity index (χ4v) is 2.42. The summed E-state index contributed by atoms with van der Waals surface area (Å²) >= 11 is 0. The van der Waals surface area contributed by atoms with E-state index in [1.54, 1.807) is 0 Å². The van der Waals surface area contributed by atoms with Crippen LogP contribution in [0.2, 0.25) is 0 Å². The van der Waals surface area contributed by atoms with Crippen molar-refractivity contribution in [2.75, 3.05) is 20.2 Å². The maximum Gasteiger partial charge on any atom is 0.393 e. The van der Waals surface area contributed by atoms with Gasteiger partial charge in [-0.25, -0.2) is 0 Å². The van der Waals surface area contributed by atoms with Crippen LogP contribution in [0.5, 0.6) is 11.5 Å². The van der Waals surface area contributed by atoms with Crippen LogP contribution in [0.3, 0.4) is 0 Å². The Morgan fingerprint density at radius 1 is 1.43 bits per heavy atom. The number of halogens is 3. The van der Waals surface area contributed by atoms with Gasteiger partial charge in [-0.3, -0.25) is 4.79 Å². The Kier molecular flexibility index (Phi) is 4.29. The molecule has 0 aliphatic carbocycles. The zero-order valence-electron chi connectivity index (χ0n) is 11.5. The highest BCUT2D eigenvalue weighted by atomic mass is 19.4. The van der Waals surface area contributed by atoms with Crippen molar-refractivity contribution in [3.05, 3.63) is 23.8 Å². The Morgan fingerprint density at radius 3 is 2.71 bits per heavy atom. The van der Waals surface area contributed by atoms with E-state index in [1.165, 1.54) is 25.3 Å². The fraction of sp³-hybridized carbons (Fsp3) is 0.500. The van der Waals surface area contributed by atoms with Crippen LogP contribution >= 0.6 is 0 Å². The largest absolute Gasteiger partial charge is 0.507 e. The number of rotatable bonds is 2. The van der Waals surface area contributed by atoms with E-state index in [2.05, 4.69) is 0 Å². The fourth-order valence-electron chi connectivity index (χ4n) is 2.42. The molecule has 4 nitrogen and oxygen atoms in total. The van der Waals surface area contributed by atoms with Gasteiger partial charge in [0.05, 0.1) is 18.6 Å². The van der Waals surface area contributed by atoms with Crippen molar-refractivity contribution in [2.45, 2.75) is 19.0 Å². The number of benzene rings is 1. The summed E-state index contributed by atoms with van der Waals surface area (Å²) in [5.74, 6) is -2.02. The van der Waals surface area contributed by atoms with Gasteiger partial charge in [0, 0.05) is 19.2 Å². The van der Waals surface area contributed by atoms with Crippen LogP contribution < -0.4 is 4.74 Å². The molecule has 1 fully saturated rings. The van der Waals surface area contributed by atoms with Crippen LogP contribution in [0.25, 0.3) is 0 Å². The minimum atomic E-state index is -4.30. The first kappa shape index (κ1) is 15.5. The third-order valence-electron chi connectivity index (χ3n) is 3.61. The molecular weight excluding hydrogens is 287 g/mol. The Balaban J connectivity index is 2.16. The number of phenolic OH excluding ortho intramolecular Hbond substituents is 1. The lowest BCUT2D eigenvalue weighted by atomic mass is 9.97. The van der Waals surface area contributed by atoms with E-state index in [1.807, 2.05) is 0 Å². The predicted molar refractivity (Wildman–Crippen MR) is 69.3 cm³/mol. The number of phenols is 1. The van der Waals surface area contributed by atoms with Crippen LogP contribution in [-0.2, 0) is 0 Å². The number of likely N-dealkylation sites (tertiary alicyclic amines) is 1. The normalized spacial score (nSPS) is 19.4. The van der Waals surface area contributed by atoms with E-state index in [9.17, 15) is 23.1 Å². The number of hydrogen-bond donors (Lipinski definition) is 1. The van der Waals surface area contributed by atoms with Gasteiger partial charge in [-0.05, 0) is 25.0 Å². The molecule has 1 aliphatic heterocycles. The van der Waals surface area contributed by atoms with Crippen molar-refractivity contribution in [1.29, 1.82) is 0 Å². The third-order valence-corrected chi connectivity index (χ3v) is 3.61. The molecular formula is C14H16F3NO3. The van der Waals surface area contributed by atoms with Gasteiger partial charge in [0.1, 0.15) is 11.5 Å². The summed E-state index contributed by atoms with van der Waals surface area (Å²) in [6, 6.07) is 4.10. The first-order valence-electron chi connectivity index (χ1n) is 6.56. The standard InChI is InChI=1S/C14H16F3NO3/c1-21-10-4-5-11(12(19)7-10)13(20)18-6-2-3-9(8-18)14(15,16)17/h4-5,7,9,19H,2-3,6,8H2,1H3/t9-/m1/s1. The molecule has 1 aromatic rings. The van der Waals surface area contributed by atoms with Crippen molar-refractivity contribution in [3.63, 3.8) is 0 Å². The summed E-state index contributed by atoms with van der Waals surface area (Å²) in [5, 5.41) is 9.80. The quantitative estimate of drug-likeness (QED) is 0.914. The smallest absolute Gasteiger partial charge is 0.393 e. The lowest BCUT2D eigenvalue weighted by Crippen LogP contribution is -2.44. The van der Waals surface area contributed by atoms with Crippen LogP contribution in [0.15, 0.2) is 18.2 Å². The molecule has 1 aliphatic rings. The second-order valence-electron chi connectivity index (χ2n) is 5.02. The lowest BCUT2D eigenvalue weighted by molar-refractivity contribution is -0.184. The SMILES string of the molecule is COc1ccc(C(=O)N2CCC[C@@H](C(F)(F)F)C2)c(O)c1. The molecule has 116 valence electrons. The molecule has 0 unspecified atom stereocenters. The third kappa shape index (κ3) is 3.40. The number of piperidine rings is 1. The van der Waals surface area contributed by atoms with Gasteiger partial charge in [0.25, 0.3) is 5.91 Å². The number of carbonyl (C=O) groups excluding carboxylic acids is 1. The van der Waals surface area contributed by atoms with Gasteiger partial charge >= 0.3 is 6.18 Å². The second kappa shape index (κ2) is 5.83. The Bertz CT molecular complexity index is 531. The molecule has 7 heteroatoms. The first-order valence-corrected chi connectivity index (χ1v) is 6.56. The van der Waals surface area contributed by atoms with Gasteiger partial charge in [0.2, 0.25) is 0 Å². The Hall–Kier alpha value is -1.92. The number of ether oxygens (including phenoxy) is 1. The van der Waals surface area contributed by atoms with E-state index in [0.717, 1.165) is 4.90 Å². The highest BCUT2D eigenvalue weighted by Gasteiger charge is 2.42. The first-order chi connectivity index (χ1) is 9.82. The number of carbonyl (C=O) groups is 1. The zero-order chi connectivity index (χ0) is 15.6. The van der Waals surface area contributed by atoms with Crippen LogP contribution in [0, 0.1) is 5.92 Å². The molecule has 1 aromatic carbocycles. The molecule has 1 saturated heterocycles. The van der Waals surface area contributed by atoms with Crippen LogP contribution in [0.4, 0.5) is 13.2 Å². The molecule has 1 amide bonds. The number of hydrogen-bond acceptors (Lipinski definition) is 3. The molecule has 0 bridgehead atoms. The maximum atomic E-state index is 12.8. The topological polar surface area (TPSA) is 49.8 Å². The van der Waals surface area contributed by atoms with Crippen molar-refractivity contribution in [1.82, 2.24) is 4.90 Å². The van der Waals surface area contributed by atoms with Crippen molar-refractivity contribution in [2.24, 2.45) is 5.92 Å². The highest BCUT2D eigenvalue weighted by molar-refractivity contribution is 5.97. The summed E-state index contributed by atoms with van der Waals surface area (Å²) in [6.07, 6.45) is -3.98. The molecule has 1 heterocycles. The highest BCUT2D eigenvalue weighted by Crippen LogP contribution is 2.34. The van der Waals surface area contributed by atoms with E-state index in [-0.39, 0.29) is 30.8 Å². The number of methoxy groups -OCH3 is 1. The molecule has 0 spiro atoms.